The summed E-state index contributed by atoms with van der Waals surface area (Å²) < 4.78 is 11.8. The van der Waals surface area contributed by atoms with Crippen molar-refractivity contribution < 1.29 is 29.0 Å². The van der Waals surface area contributed by atoms with E-state index in [1.54, 1.807) is 48.5 Å². The quantitative estimate of drug-likeness (QED) is 0.152. The van der Waals surface area contributed by atoms with Crippen LogP contribution in [0.2, 0.25) is 10.0 Å². The summed E-state index contributed by atoms with van der Waals surface area (Å²) in [5, 5.41) is 18.7. The maximum absolute atomic E-state index is 14.3. The van der Waals surface area contributed by atoms with Crippen molar-refractivity contribution in [3.63, 3.8) is 0 Å². The van der Waals surface area contributed by atoms with Crippen LogP contribution in [-0.4, -0.2) is 35.4 Å². The van der Waals surface area contributed by atoms with Crippen molar-refractivity contribution in [2.24, 2.45) is 11.8 Å². The van der Waals surface area contributed by atoms with Crippen LogP contribution in [0.1, 0.15) is 52.6 Å². The van der Waals surface area contributed by atoms with Crippen LogP contribution in [0, 0.1) is 39.5 Å². The summed E-state index contributed by atoms with van der Waals surface area (Å²) in [6, 6.07) is 21.2. The van der Waals surface area contributed by atoms with Crippen LogP contribution in [-0.2, 0) is 21.0 Å². The molecule has 1 aliphatic rings. The summed E-state index contributed by atoms with van der Waals surface area (Å²) in [6.45, 7) is 9.23. The Hall–Kier alpha value is -4.37. The van der Waals surface area contributed by atoms with E-state index in [9.17, 15) is 19.5 Å². The molecule has 8 nitrogen and oxygen atoms in total. The second-order valence-corrected chi connectivity index (χ2v) is 13.7. The molecular weight excluding hydrogens is 663 g/mol. The van der Waals surface area contributed by atoms with Gasteiger partial charge < -0.3 is 25.2 Å². The number of aryl methyl sites for hydroxylation is 2. The van der Waals surface area contributed by atoms with E-state index in [2.05, 4.69) is 10.6 Å². The number of carbonyl (C=O) groups is 3. The van der Waals surface area contributed by atoms with Gasteiger partial charge in [0, 0.05) is 39.3 Å². The lowest BCUT2D eigenvalue weighted by atomic mass is 9.61. The first-order chi connectivity index (χ1) is 23.2. The molecule has 3 N–H and O–H groups in total. The largest absolute Gasteiger partial charge is 0.493 e. The average molecular weight is 704 g/mol. The molecule has 49 heavy (non-hydrogen) atoms. The maximum atomic E-state index is 14.3. The summed E-state index contributed by atoms with van der Waals surface area (Å²) in [4.78, 5) is 42.4. The molecule has 5 rings (SSSR count). The molecule has 0 aliphatic heterocycles. The number of ketones is 1. The first-order valence-electron chi connectivity index (χ1n) is 16.0. The number of aliphatic hydroxyl groups is 1. The molecule has 1 fully saturated rings. The van der Waals surface area contributed by atoms with Crippen molar-refractivity contribution >= 4 is 52.2 Å². The normalized spacial score (nSPS) is 20.4. The molecule has 0 aromatic heterocycles. The van der Waals surface area contributed by atoms with Gasteiger partial charge in [0.2, 0.25) is 11.8 Å². The molecule has 1 aliphatic carbocycles. The van der Waals surface area contributed by atoms with Gasteiger partial charge in [-0.15, -0.1) is 0 Å². The molecule has 2 amide bonds. The van der Waals surface area contributed by atoms with E-state index in [-0.39, 0.29) is 13.0 Å². The first-order valence-corrected chi connectivity index (χ1v) is 16.7. The Kier molecular flexibility index (Phi) is 10.7. The van der Waals surface area contributed by atoms with E-state index in [0.717, 1.165) is 22.3 Å². The van der Waals surface area contributed by atoms with E-state index in [0.29, 0.717) is 44.0 Å². The number of rotatable bonds is 9. The number of hydrogen-bond donors (Lipinski definition) is 3. The summed E-state index contributed by atoms with van der Waals surface area (Å²) >= 11 is 12.4. The summed E-state index contributed by atoms with van der Waals surface area (Å²) in [7, 11) is 1.47. The van der Waals surface area contributed by atoms with E-state index < -0.39 is 41.0 Å². The van der Waals surface area contributed by atoms with E-state index in [1.807, 2.05) is 52.0 Å². The third kappa shape index (κ3) is 7.62. The molecule has 0 saturated heterocycles. The van der Waals surface area contributed by atoms with Gasteiger partial charge in [0.1, 0.15) is 18.3 Å². The van der Waals surface area contributed by atoms with Gasteiger partial charge in [0.05, 0.1) is 18.6 Å². The zero-order chi connectivity index (χ0) is 35.6. The van der Waals surface area contributed by atoms with Gasteiger partial charge in [-0.2, -0.15) is 0 Å². The lowest BCUT2D eigenvalue weighted by molar-refractivity contribution is -0.150. The second kappa shape index (κ2) is 14.6. The Bertz CT molecular complexity index is 1920. The van der Waals surface area contributed by atoms with Crippen LogP contribution in [0.15, 0.2) is 72.8 Å². The van der Waals surface area contributed by atoms with Crippen molar-refractivity contribution in [1.29, 1.82) is 0 Å². The van der Waals surface area contributed by atoms with Gasteiger partial charge in [-0.1, -0.05) is 59.6 Å². The molecule has 0 spiro atoms. The highest BCUT2D eigenvalue weighted by molar-refractivity contribution is 6.35. The fraction of sp³-hybridized carbons (Fsp3) is 0.308. The number of hydrogen-bond acceptors (Lipinski definition) is 6. The predicted molar refractivity (Wildman–Crippen MR) is 193 cm³/mol. The van der Waals surface area contributed by atoms with Crippen molar-refractivity contribution in [1.82, 2.24) is 0 Å². The summed E-state index contributed by atoms with van der Waals surface area (Å²) in [6.07, 6.45) is -0.389. The number of anilines is 2. The zero-order valence-corrected chi connectivity index (χ0v) is 29.8. The SMILES string of the molecule is COc1cc(C2C(C(=O)Nc3cccc(C)c3C)C(=O)CC(C)(O)C2C(=O)Nc2cccc(C)c2C)ccc1OCc1ccc(Cl)cc1Cl. The minimum absolute atomic E-state index is 0.115. The van der Waals surface area contributed by atoms with E-state index in [1.165, 1.54) is 14.0 Å². The van der Waals surface area contributed by atoms with Crippen molar-refractivity contribution in [2.75, 3.05) is 17.7 Å². The van der Waals surface area contributed by atoms with E-state index >= 15 is 0 Å². The monoisotopic (exact) mass is 702 g/mol. The highest BCUT2D eigenvalue weighted by Crippen LogP contribution is 2.48. The van der Waals surface area contributed by atoms with Crippen LogP contribution in [0.3, 0.4) is 0 Å². The third-order valence-corrected chi connectivity index (χ3v) is 10.1. The molecule has 4 aromatic carbocycles. The number of Topliss-reactive ketones (excluding diaryl/α,β-unsaturated/α-hetero) is 1. The minimum Gasteiger partial charge on any atom is -0.493 e. The van der Waals surface area contributed by atoms with Crippen LogP contribution in [0.4, 0.5) is 11.4 Å². The van der Waals surface area contributed by atoms with E-state index in [4.69, 9.17) is 32.7 Å². The van der Waals surface area contributed by atoms with Crippen molar-refractivity contribution in [3.05, 3.63) is 116 Å². The Labute approximate surface area is 296 Å². The molecule has 4 unspecified atom stereocenters. The average Bonchev–Trinajstić information content (AvgIpc) is 3.04. The van der Waals surface area contributed by atoms with Gasteiger partial charge in [-0.25, -0.2) is 0 Å². The van der Waals surface area contributed by atoms with Gasteiger partial charge in [0.15, 0.2) is 11.5 Å². The molecular formula is C39H40Cl2N2O6. The number of methoxy groups -OCH3 is 1. The number of benzene rings is 4. The van der Waals surface area contributed by atoms with Crippen LogP contribution in [0.25, 0.3) is 0 Å². The molecule has 0 radical (unpaired) electrons. The van der Waals surface area contributed by atoms with Crippen LogP contribution < -0.4 is 20.1 Å². The molecule has 256 valence electrons. The molecule has 4 aromatic rings. The topological polar surface area (TPSA) is 114 Å². The Balaban J connectivity index is 1.58. The highest BCUT2D eigenvalue weighted by Gasteiger charge is 2.56. The molecule has 0 bridgehead atoms. The smallest absolute Gasteiger partial charge is 0.235 e. The fourth-order valence-electron chi connectivity index (χ4n) is 6.49. The van der Waals surface area contributed by atoms with Crippen molar-refractivity contribution in [3.8, 4) is 11.5 Å². The Morgan fingerprint density at radius 2 is 1.47 bits per heavy atom. The lowest BCUT2D eigenvalue weighted by Gasteiger charge is -2.44. The number of carbonyl (C=O) groups excluding carboxylic acids is 3. The molecule has 1 saturated carbocycles. The predicted octanol–water partition coefficient (Wildman–Crippen LogP) is 8.13. The first kappa shape index (κ1) is 35.9. The zero-order valence-electron chi connectivity index (χ0n) is 28.3. The van der Waals surface area contributed by atoms with Gasteiger partial charge in [0.25, 0.3) is 0 Å². The molecule has 0 heterocycles. The maximum Gasteiger partial charge on any atom is 0.235 e. The number of ether oxygens (including phenoxy) is 2. The van der Waals surface area contributed by atoms with Crippen LogP contribution >= 0.6 is 23.2 Å². The second-order valence-electron chi connectivity index (χ2n) is 12.9. The van der Waals surface area contributed by atoms with Gasteiger partial charge >= 0.3 is 0 Å². The lowest BCUT2D eigenvalue weighted by Crippen LogP contribution is -2.56. The van der Waals surface area contributed by atoms with Crippen molar-refractivity contribution in [2.45, 2.75) is 59.2 Å². The highest BCUT2D eigenvalue weighted by atomic mass is 35.5. The van der Waals surface area contributed by atoms with Crippen LogP contribution in [0.5, 0.6) is 11.5 Å². The van der Waals surface area contributed by atoms with Gasteiger partial charge in [-0.3, -0.25) is 14.4 Å². The number of halogens is 2. The Morgan fingerprint density at radius 3 is 2.06 bits per heavy atom. The standard InChI is InChI=1S/C39H40Cl2N2O6/c1-21-9-7-11-29(23(21)3)42-37(45)35-31(44)19-39(5,47)36(38(46)43-30-12-8-10-22(2)24(30)4)34(35)25-14-16-32(33(17-25)48-6)49-20-26-13-15-27(40)18-28(26)41/h7-18,34-36,47H,19-20H2,1-6H3,(H,42,45)(H,43,46). The molecule has 4 atom stereocenters. The minimum atomic E-state index is -1.78. The third-order valence-electron chi connectivity index (χ3n) is 9.53. The number of amides is 2. The van der Waals surface area contributed by atoms with Gasteiger partial charge in [-0.05, 0) is 98.8 Å². The number of nitrogens with one attached hydrogen (secondary N) is 2. The Morgan fingerprint density at radius 1 is 0.857 bits per heavy atom. The fourth-order valence-corrected chi connectivity index (χ4v) is 6.95. The molecule has 10 heteroatoms. The summed E-state index contributed by atoms with van der Waals surface area (Å²) in [5.41, 5.74) is 4.18. The summed E-state index contributed by atoms with van der Waals surface area (Å²) in [5.74, 6) is -4.47.